The lowest BCUT2D eigenvalue weighted by molar-refractivity contribution is -0.172. The SMILES string of the molecule is Cn1cnc(S(=O)(=O)N2CCN(CCN[C@]34CCCC3[C@H]3CCC5[C@@](C)(CCC6C(C)(C)C(c7ccc(C(=O)O)cc7)=CC[C@@]65C)C3CC4)CC2)c1. The minimum Gasteiger partial charge on any atom is -0.478 e. The fourth-order valence-electron chi connectivity index (χ4n) is 13.7. The summed E-state index contributed by atoms with van der Waals surface area (Å²) in [5.41, 5.74) is 3.89. The number of aromatic nitrogens is 2. The summed E-state index contributed by atoms with van der Waals surface area (Å²) in [6, 6.07) is 7.59. The lowest BCUT2D eigenvalue weighted by Crippen LogP contribution is -2.64. The molecule has 5 aliphatic carbocycles. The van der Waals surface area contributed by atoms with Crippen molar-refractivity contribution in [1.29, 1.82) is 0 Å². The highest BCUT2D eigenvalue weighted by Crippen LogP contribution is 2.72. The van der Waals surface area contributed by atoms with E-state index in [1.807, 2.05) is 12.1 Å². The van der Waals surface area contributed by atoms with Crippen LogP contribution in [0.25, 0.3) is 5.57 Å². The van der Waals surface area contributed by atoms with Gasteiger partial charge in [0.25, 0.3) is 10.0 Å². The summed E-state index contributed by atoms with van der Waals surface area (Å²) in [5, 5.41) is 13.8. The Labute approximate surface area is 311 Å². The summed E-state index contributed by atoms with van der Waals surface area (Å²) in [5.74, 6) is 2.84. The molecule has 9 nitrogen and oxygen atoms in total. The maximum atomic E-state index is 13.1. The summed E-state index contributed by atoms with van der Waals surface area (Å²) in [6.07, 6.45) is 18.7. The van der Waals surface area contributed by atoms with Gasteiger partial charge in [0, 0.05) is 58.1 Å². The van der Waals surface area contributed by atoms with E-state index in [1.165, 1.54) is 68.9 Å². The van der Waals surface area contributed by atoms with E-state index in [0.29, 0.717) is 30.0 Å². The van der Waals surface area contributed by atoms with E-state index in [2.05, 4.69) is 49.0 Å². The molecular formula is C42H61N5O4S. The van der Waals surface area contributed by atoms with E-state index < -0.39 is 16.0 Å². The van der Waals surface area contributed by atoms with Crippen molar-refractivity contribution >= 4 is 21.6 Å². The summed E-state index contributed by atoms with van der Waals surface area (Å²) < 4.78 is 29.5. The Kier molecular flexibility index (Phi) is 9.15. The van der Waals surface area contributed by atoms with Gasteiger partial charge in [-0.3, -0.25) is 4.90 Å². The van der Waals surface area contributed by atoms with Crippen molar-refractivity contribution in [3.63, 3.8) is 0 Å². The number of nitrogens with zero attached hydrogens (tertiary/aromatic N) is 4. The van der Waals surface area contributed by atoms with Crippen molar-refractivity contribution in [2.24, 2.45) is 52.9 Å². The number of piperazine rings is 1. The van der Waals surface area contributed by atoms with Gasteiger partial charge in [0.15, 0.2) is 5.03 Å². The highest BCUT2D eigenvalue weighted by molar-refractivity contribution is 7.89. The Morgan fingerprint density at radius 1 is 0.904 bits per heavy atom. The molecule has 0 amide bonds. The van der Waals surface area contributed by atoms with Gasteiger partial charge < -0.3 is 15.0 Å². The molecule has 8 rings (SSSR count). The minimum absolute atomic E-state index is 0.0347. The molecule has 8 atom stereocenters. The molecule has 2 heterocycles. The minimum atomic E-state index is -3.53. The average Bonchev–Trinajstić information content (AvgIpc) is 3.75. The highest BCUT2D eigenvalue weighted by Gasteiger charge is 2.65. The molecule has 4 unspecified atom stereocenters. The van der Waals surface area contributed by atoms with Crippen LogP contribution in [-0.4, -0.2) is 83.1 Å². The molecule has 4 saturated carbocycles. The number of benzene rings is 1. The lowest BCUT2D eigenvalue weighted by atomic mass is 9.37. The maximum absolute atomic E-state index is 13.1. The van der Waals surface area contributed by atoms with Gasteiger partial charge in [-0.1, -0.05) is 52.3 Å². The topological polar surface area (TPSA) is 108 Å². The number of carboxylic acids is 1. The average molecular weight is 732 g/mol. The van der Waals surface area contributed by atoms with Crippen molar-refractivity contribution < 1.29 is 18.3 Å². The van der Waals surface area contributed by atoms with Crippen LogP contribution in [0.3, 0.4) is 0 Å². The molecule has 52 heavy (non-hydrogen) atoms. The molecule has 1 aromatic heterocycles. The van der Waals surface area contributed by atoms with Gasteiger partial charge in [0.05, 0.1) is 11.9 Å². The fourth-order valence-corrected chi connectivity index (χ4v) is 15.1. The van der Waals surface area contributed by atoms with E-state index in [-0.39, 0.29) is 21.4 Å². The number of carboxylic acid groups (broad SMARTS) is 1. The molecule has 5 fully saturated rings. The first-order valence-corrected chi connectivity index (χ1v) is 21.6. The van der Waals surface area contributed by atoms with Gasteiger partial charge in [-0.15, -0.1) is 0 Å². The Hall–Kier alpha value is -2.53. The zero-order valence-corrected chi connectivity index (χ0v) is 32.9. The van der Waals surface area contributed by atoms with Crippen LogP contribution < -0.4 is 5.32 Å². The van der Waals surface area contributed by atoms with Crippen LogP contribution in [0.4, 0.5) is 0 Å². The number of fused-ring (bicyclic) bond motifs is 7. The van der Waals surface area contributed by atoms with E-state index >= 15 is 0 Å². The maximum Gasteiger partial charge on any atom is 0.335 e. The molecule has 2 N–H and O–H groups in total. The van der Waals surface area contributed by atoms with Crippen molar-refractivity contribution in [3.05, 3.63) is 54.0 Å². The number of imidazole rings is 1. The largest absolute Gasteiger partial charge is 0.478 e. The molecule has 10 heteroatoms. The second-order valence-electron chi connectivity index (χ2n) is 18.7. The van der Waals surface area contributed by atoms with Crippen LogP contribution in [0.15, 0.2) is 47.9 Å². The number of aryl methyl sites for hydroxylation is 1. The number of aromatic carboxylic acids is 1. The number of rotatable bonds is 8. The van der Waals surface area contributed by atoms with Gasteiger partial charge in [-0.2, -0.15) is 4.31 Å². The van der Waals surface area contributed by atoms with Crippen LogP contribution in [0.1, 0.15) is 108 Å². The Morgan fingerprint density at radius 2 is 1.65 bits per heavy atom. The molecule has 1 aromatic carbocycles. The zero-order chi connectivity index (χ0) is 36.7. The predicted octanol–water partition coefficient (Wildman–Crippen LogP) is 6.93. The lowest BCUT2D eigenvalue weighted by Gasteiger charge is -2.68. The molecule has 2 aromatic rings. The van der Waals surface area contributed by atoms with Crippen LogP contribution >= 0.6 is 0 Å². The Balaban J connectivity index is 0.918. The van der Waals surface area contributed by atoms with Crippen LogP contribution in [0.2, 0.25) is 0 Å². The van der Waals surface area contributed by atoms with Crippen molar-refractivity contribution in [3.8, 4) is 0 Å². The molecule has 0 radical (unpaired) electrons. The monoisotopic (exact) mass is 731 g/mol. The Bertz CT molecular complexity index is 1810. The van der Waals surface area contributed by atoms with Gasteiger partial charge in [0.1, 0.15) is 0 Å². The van der Waals surface area contributed by atoms with E-state index in [4.69, 9.17) is 0 Å². The van der Waals surface area contributed by atoms with E-state index in [0.717, 1.165) is 56.3 Å². The molecule has 1 aliphatic heterocycles. The van der Waals surface area contributed by atoms with E-state index in [9.17, 15) is 18.3 Å². The first-order valence-electron chi connectivity index (χ1n) is 20.2. The third-order valence-electron chi connectivity index (χ3n) is 16.1. The molecule has 0 spiro atoms. The van der Waals surface area contributed by atoms with Crippen LogP contribution in [-0.2, 0) is 17.1 Å². The first kappa shape index (κ1) is 36.4. The van der Waals surface area contributed by atoms with Crippen molar-refractivity contribution in [2.75, 3.05) is 39.3 Å². The molecule has 6 aliphatic rings. The second-order valence-corrected chi connectivity index (χ2v) is 20.6. The van der Waals surface area contributed by atoms with Gasteiger partial charge in [-0.05, 0) is 127 Å². The summed E-state index contributed by atoms with van der Waals surface area (Å²) in [4.78, 5) is 18.1. The van der Waals surface area contributed by atoms with E-state index in [1.54, 1.807) is 40.6 Å². The molecular weight excluding hydrogens is 671 g/mol. The summed E-state index contributed by atoms with van der Waals surface area (Å²) >= 11 is 0. The van der Waals surface area contributed by atoms with Gasteiger partial charge in [-0.25, -0.2) is 18.2 Å². The number of nitrogens with one attached hydrogen (secondary N) is 1. The normalized spacial score (nSPS) is 37.7. The van der Waals surface area contributed by atoms with Crippen LogP contribution in [0, 0.1) is 45.8 Å². The predicted molar refractivity (Wildman–Crippen MR) is 204 cm³/mol. The smallest absolute Gasteiger partial charge is 0.335 e. The van der Waals surface area contributed by atoms with Gasteiger partial charge >= 0.3 is 5.97 Å². The molecule has 1 saturated heterocycles. The highest BCUT2D eigenvalue weighted by atomic mass is 32.2. The number of carbonyl (C=O) groups is 1. The third-order valence-corrected chi connectivity index (χ3v) is 17.8. The molecule has 284 valence electrons. The summed E-state index contributed by atoms with van der Waals surface area (Å²) in [6.45, 7) is 14.8. The summed E-state index contributed by atoms with van der Waals surface area (Å²) in [7, 11) is -1.73. The number of hydrogen-bond donors (Lipinski definition) is 2. The second kappa shape index (κ2) is 13.1. The molecule has 0 bridgehead atoms. The van der Waals surface area contributed by atoms with Crippen molar-refractivity contribution in [1.82, 2.24) is 24.1 Å². The Morgan fingerprint density at radius 3 is 2.35 bits per heavy atom. The van der Waals surface area contributed by atoms with Crippen molar-refractivity contribution in [2.45, 2.75) is 102 Å². The number of sulfonamides is 1. The van der Waals surface area contributed by atoms with Crippen LogP contribution in [0.5, 0.6) is 0 Å². The quantitative estimate of drug-likeness (QED) is 0.304. The zero-order valence-electron chi connectivity index (χ0n) is 32.1. The standard InChI is InChI=1S/C42H61N5O4S/c1-39(2)32(29-8-10-30(11-9-29)38(48)49)14-18-41(4)35(39)16-19-40(3)33-15-20-42(17-6-7-34(42)31(33)12-13-36(40)41)44-21-22-46-23-25-47(26-24-46)52(50,51)37-27-45(5)28-43-37/h8-11,14,27-28,31,33-36,44H,6-7,12-13,15-26H2,1-5H3,(H,48,49)/t31-,33?,34?,35?,36?,40-,41-,42-/m0/s1. The first-order chi connectivity index (χ1) is 24.7. The fraction of sp³-hybridized carbons (Fsp3) is 0.714. The number of allylic oxidation sites excluding steroid dienone is 2. The van der Waals surface area contributed by atoms with Gasteiger partial charge in [0.2, 0.25) is 0 Å². The number of hydrogen-bond acceptors (Lipinski definition) is 6. The third kappa shape index (κ3) is 5.75.